The number of nitrogens with one attached hydrogen (secondary N) is 1. The molecule has 0 aliphatic heterocycles. The molecular weight excluding hydrogens is 281 g/mol. The molecule has 2 nitrogen and oxygen atoms in total. The van der Waals surface area contributed by atoms with Gasteiger partial charge in [-0.2, -0.15) is 0 Å². The second-order valence-electron chi connectivity index (χ2n) is 5.65. The standard InChI is InChI=1S/C15H23Cl2NO/c1-11(12-6-5-7-13(16)14(12)17)18-10-15(2,3)8-9-19-4/h5-7,11,18H,8-10H2,1-4H3. The van der Waals surface area contributed by atoms with E-state index < -0.39 is 0 Å². The van der Waals surface area contributed by atoms with Crippen LogP contribution in [0.3, 0.4) is 0 Å². The lowest BCUT2D eigenvalue weighted by atomic mass is 9.89. The van der Waals surface area contributed by atoms with E-state index >= 15 is 0 Å². The minimum atomic E-state index is 0.174. The molecule has 1 N–H and O–H groups in total. The number of hydrogen-bond donors (Lipinski definition) is 1. The maximum Gasteiger partial charge on any atom is 0.0639 e. The Morgan fingerprint density at radius 2 is 2.00 bits per heavy atom. The van der Waals surface area contributed by atoms with Crippen molar-refractivity contribution < 1.29 is 4.74 Å². The van der Waals surface area contributed by atoms with Crippen molar-refractivity contribution in [3.63, 3.8) is 0 Å². The van der Waals surface area contributed by atoms with Gasteiger partial charge in [0, 0.05) is 26.3 Å². The van der Waals surface area contributed by atoms with Gasteiger partial charge in [-0.05, 0) is 30.4 Å². The van der Waals surface area contributed by atoms with Crippen LogP contribution in [0.15, 0.2) is 18.2 Å². The smallest absolute Gasteiger partial charge is 0.0639 e. The summed E-state index contributed by atoms with van der Waals surface area (Å²) in [6.45, 7) is 8.24. The second kappa shape index (κ2) is 7.49. The van der Waals surface area contributed by atoms with Crippen molar-refractivity contribution in [2.24, 2.45) is 5.41 Å². The zero-order valence-corrected chi connectivity index (χ0v) is 13.6. The highest BCUT2D eigenvalue weighted by atomic mass is 35.5. The minimum absolute atomic E-state index is 0.174. The van der Waals surface area contributed by atoms with Crippen molar-refractivity contribution in [1.29, 1.82) is 0 Å². The van der Waals surface area contributed by atoms with Crippen molar-refractivity contribution in [1.82, 2.24) is 5.32 Å². The van der Waals surface area contributed by atoms with E-state index in [9.17, 15) is 0 Å². The van der Waals surface area contributed by atoms with Crippen LogP contribution in [-0.4, -0.2) is 20.3 Å². The van der Waals surface area contributed by atoms with Crippen LogP contribution in [0.4, 0.5) is 0 Å². The molecule has 0 saturated heterocycles. The molecule has 4 heteroatoms. The summed E-state index contributed by atoms with van der Waals surface area (Å²) < 4.78 is 5.14. The minimum Gasteiger partial charge on any atom is -0.385 e. The van der Waals surface area contributed by atoms with Gasteiger partial charge in [0.2, 0.25) is 0 Å². The van der Waals surface area contributed by atoms with Gasteiger partial charge in [0.05, 0.1) is 10.0 Å². The molecule has 1 atom stereocenters. The second-order valence-corrected chi connectivity index (χ2v) is 6.44. The van der Waals surface area contributed by atoms with Gasteiger partial charge in [-0.15, -0.1) is 0 Å². The van der Waals surface area contributed by atoms with Crippen molar-refractivity contribution in [3.8, 4) is 0 Å². The van der Waals surface area contributed by atoms with Crippen molar-refractivity contribution in [2.75, 3.05) is 20.3 Å². The molecule has 0 aliphatic carbocycles. The molecule has 0 aromatic heterocycles. The molecule has 19 heavy (non-hydrogen) atoms. The average Bonchev–Trinajstić information content (AvgIpc) is 2.37. The molecule has 1 rings (SSSR count). The molecule has 0 bridgehead atoms. The highest BCUT2D eigenvalue weighted by Crippen LogP contribution is 2.30. The summed E-state index contributed by atoms with van der Waals surface area (Å²) in [5.74, 6) is 0. The molecule has 1 unspecified atom stereocenters. The first-order valence-electron chi connectivity index (χ1n) is 6.53. The number of hydrogen-bond acceptors (Lipinski definition) is 2. The van der Waals surface area contributed by atoms with Gasteiger partial charge < -0.3 is 10.1 Å². The lowest BCUT2D eigenvalue weighted by Gasteiger charge is -2.27. The molecule has 0 fully saturated rings. The monoisotopic (exact) mass is 303 g/mol. The number of ether oxygens (including phenoxy) is 1. The molecule has 0 radical (unpaired) electrons. The molecule has 108 valence electrons. The van der Waals surface area contributed by atoms with Crippen molar-refractivity contribution in [3.05, 3.63) is 33.8 Å². The van der Waals surface area contributed by atoms with E-state index in [2.05, 4.69) is 26.1 Å². The maximum absolute atomic E-state index is 6.23. The van der Waals surface area contributed by atoms with E-state index in [0.29, 0.717) is 10.0 Å². The van der Waals surface area contributed by atoms with Crippen LogP contribution in [0.5, 0.6) is 0 Å². The van der Waals surface area contributed by atoms with E-state index in [1.54, 1.807) is 7.11 Å². The van der Waals surface area contributed by atoms with Crippen LogP contribution in [0.25, 0.3) is 0 Å². The maximum atomic E-state index is 6.23. The van der Waals surface area contributed by atoms with Gasteiger partial charge in [0.25, 0.3) is 0 Å². The van der Waals surface area contributed by atoms with Crippen LogP contribution >= 0.6 is 23.2 Å². The number of methoxy groups -OCH3 is 1. The molecule has 1 aromatic rings. The Labute approximate surface area is 126 Å². The fraction of sp³-hybridized carbons (Fsp3) is 0.600. The summed E-state index contributed by atoms with van der Waals surface area (Å²) in [6.07, 6.45) is 1.02. The number of rotatable bonds is 7. The molecular formula is C15H23Cl2NO. The van der Waals surface area contributed by atoms with Crippen LogP contribution in [-0.2, 0) is 4.74 Å². The van der Waals surface area contributed by atoms with E-state index in [1.165, 1.54) is 0 Å². The van der Waals surface area contributed by atoms with Gasteiger partial charge in [0.1, 0.15) is 0 Å². The first-order valence-corrected chi connectivity index (χ1v) is 7.29. The largest absolute Gasteiger partial charge is 0.385 e. The van der Waals surface area contributed by atoms with Gasteiger partial charge in [-0.3, -0.25) is 0 Å². The van der Waals surface area contributed by atoms with Crippen molar-refractivity contribution >= 4 is 23.2 Å². The summed E-state index contributed by atoms with van der Waals surface area (Å²) in [6, 6.07) is 5.92. The molecule has 0 saturated carbocycles. The Morgan fingerprint density at radius 3 is 2.63 bits per heavy atom. The highest BCUT2D eigenvalue weighted by molar-refractivity contribution is 6.42. The molecule has 0 spiro atoms. The third-order valence-corrected chi connectivity index (χ3v) is 4.15. The topological polar surface area (TPSA) is 21.3 Å². The van der Waals surface area contributed by atoms with E-state index in [4.69, 9.17) is 27.9 Å². The highest BCUT2D eigenvalue weighted by Gasteiger charge is 2.19. The van der Waals surface area contributed by atoms with Crippen LogP contribution in [0, 0.1) is 5.41 Å². The van der Waals surface area contributed by atoms with Crippen molar-refractivity contribution in [2.45, 2.75) is 33.2 Å². The van der Waals surface area contributed by atoms with E-state index in [0.717, 1.165) is 25.1 Å². The quantitative estimate of drug-likeness (QED) is 0.788. The fourth-order valence-corrected chi connectivity index (χ4v) is 2.33. The summed E-state index contributed by atoms with van der Waals surface area (Å²) >= 11 is 12.3. The first-order chi connectivity index (χ1) is 8.87. The Hall–Kier alpha value is -0.280. The Balaban J connectivity index is 2.60. The Bertz CT molecular complexity index is 407. The Morgan fingerprint density at radius 1 is 1.32 bits per heavy atom. The zero-order valence-electron chi connectivity index (χ0n) is 12.1. The summed E-state index contributed by atoms with van der Waals surface area (Å²) in [5.41, 5.74) is 1.23. The number of benzene rings is 1. The SMILES string of the molecule is COCCC(C)(C)CNC(C)c1cccc(Cl)c1Cl. The van der Waals surface area contributed by atoms with Gasteiger partial charge >= 0.3 is 0 Å². The van der Waals surface area contributed by atoms with E-state index in [-0.39, 0.29) is 11.5 Å². The molecule has 0 aliphatic rings. The lowest BCUT2D eigenvalue weighted by Crippen LogP contribution is -2.32. The number of halogens is 2. The molecule has 0 heterocycles. The molecule has 1 aromatic carbocycles. The normalized spacial score (nSPS) is 13.6. The predicted octanol–water partition coefficient (Wildman–Crippen LogP) is 4.71. The van der Waals surface area contributed by atoms with E-state index in [1.807, 2.05) is 18.2 Å². The first kappa shape index (κ1) is 16.8. The third-order valence-electron chi connectivity index (χ3n) is 3.32. The summed E-state index contributed by atoms with van der Waals surface area (Å²) in [5, 5.41) is 4.76. The van der Waals surface area contributed by atoms with Crippen LogP contribution < -0.4 is 5.32 Å². The Kier molecular flexibility index (Phi) is 6.61. The fourth-order valence-electron chi connectivity index (χ4n) is 1.86. The van der Waals surface area contributed by atoms with Gasteiger partial charge in [-0.1, -0.05) is 49.2 Å². The van der Waals surface area contributed by atoms with Gasteiger partial charge in [-0.25, -0.2) is 0 Å². The van der Waals surface area contributed by atoms with Gasteiger partial charge in [0.15, 0.2) is 0 Å². The zero-order chi connectivity index (χ0) is 14.5. The van der Waals surface area contributed by atoms with Crippen LogP contribution in [0.1, 0.15) is 38.8 Å². The summed E-state index contributed by atoms with van der Waals surface area (Å²) in [4.78, 5) is 0. The molecule has 0 amide bonds. The lowest BCUT2D eigenvalue weighted by molar-refractivity contribution is 0.149. The van der Waals surface area contributed by atoms with Crippen LogP contribution in [0.2, 0.25) is 10.0 Å². The third kappa shape index (κ3) is 5.31. The summed E-state index contributed by atoms with van der Waals surface area (Å²) in [7, 11) is 1.73. The average molecular weight is 304 g/mol. The predicted molar refractivity (Wildman–Crippen MR) is 83.2 cm³/mol.